The average molecular weight is 407 g/mol. The first-order chi connectivity index (χ1) is 11.4. The SMILES string of the molecule is C/C(=N\NC(=O)CSc1cc(C)c(Br)cc1C)c1ccc(O)cc1. The Morgan fingerprint density at radius 3 is 2.54 bits per heavy atom. The number of carbonyl (C=O) groups excluding carboxylic acids is 1. The lowest BCUT2D eigenvalue weighted by atomic mass is 10.1. The topological polar surface area (TPSA) is 61.7 Å². The quantitative estimate of drug-likeness (QED) is 0.439. The van der Waals surface area contributed by atoms with Crippen LogP contribution in [-0.2, 0) is 4.79 Å². The third-order valence-electron chi connectivity index (χ3n) is 3.45. The van der Waals surface area contributed by atoms with E-state index in [0.29, 0.717) is 11.5 Å². The Morgan fingerprint density at radius 2 is 1.88 bits per heavy atom. The van der Waals surface area contributed by atoms with Crippen LogP contribution in [0.4, 0.5) is 0 Å². The average Bonchev–Trinajstić information content (AvgIpc) is 2.55. The van der Waals surface area contributed by atoms with Crippen LogP contribution in [0.25, 0.3) is 0 Å². The predicted molar refractivity (Wildman–Crippen MR) is 103 cm³/mol. The van der Waals surface area contributed by atoms with Gasteiger partial charge >= 0.3 is 0 Å². The summed E-state index contributed by atoms with van der Waals surface area (Å²) < 4.78 is 1.07. The molecule has 24 heavy (non-hydrogen) atoms. The first-order valence-electron chi connectivity index (χ1n) is 7.39. The summed E-state index contributed by atoms with van der Waals surface area (Å²) in [6.07, 6.45) is 0. The maximum Gasteiger partial charge on any atom is 0.250 e. The van der Waals surface area contributed by atoms with Crippen molar-refractivity contribution in [3.8, 4) is 5.75 Å². The van der Waals surface area contributed by atoms with E-state index in [1.165, 1.54) is 11.8 Å². The van der Waals surface area contributed by atoms with Gasteiger partial charge in [0.25, 0.3) is 0 Å². The molecule has 2 N–H and O–H groups in total. The van der Waals surface area contributed by atoms with Crippen LogP contribution in [-0.4, -0.2) is 22.5 Å². The molecule has 0 saturated carbocycles. The van der Waals surface area contributed by atoms with Gasteiger partial charge in [0.1, 0.15) is 5.75 Å². The maximum absolute atomic E-state index is 12.0. The third-order valence-corrected chi connectivity index (χ3v) is 5.46. The molecule has 0 unspecified atom stereocenters. The first kappa shape index (κ1) is 18.5. The Balaban J connectivity index is 1.93. The zero-order valence-electron chi connectivity index (χ0n) is 13.8. The number of nitrogens with zero attached hydrogens (tertiary/aromatic N) is 1. The smallest absolute Gasteiger partial charge is 0.250 e. The second-order valence-electron chi connectivity index (χ2n) is 5.43. The minimum atomic E-state index is -0.155. The van der Waals surface area contributed by atoms with E-state index in [2.05, 4.69) is 38.6 Å². The summed E-state index contributed by atoms with van der Waals surface area (Å²) in [5, 5.41) is 13.4. The molecule has 2 aromatic carbocycles. The number of hydrogen-bond acceptors (Lipinski definition) is 4. The molecule has 0 bridgehead atoms. The van der Waals surface area contributed by atoms with Crippen LogP contribution < -0.4 is 5.43 Å². The predicted octanol–water partition coefficient (Wildman–Crippen LogP) is 4.40. The Hall–Kier alpha value is -1.79. The van der Waals surface area contributed by atoms with Gasteiger partial charge in [-0.1, -0.05) is 15.9 Å². The molecule has 0 aliphatic rings. The van der Waals surface area contributed by atoms with E-state index in [1.807, 2.05) is 20.8 Å². The van der Waals surface area contributed by atoms with Crippen LogP contribution in [0.3, 0.4) is 0 Å². The molecule has 0 aromatic heterocycles. The number of carbonyl (C=O) groups is 1. The summed E-state index contributed by atoms with van der Waals surface area (Å²) in [6.45, 7) is 5.86. The van der Waals surface area contributed by atoms with Crippen molar-refractivity contribution < 1.29 is 9.90 Å². The van der Waals surface area contributed by atoms with E-state index in [9.17, 15) is 9.90 Å². The highest BCUT2D eigenvalue weighted by Gasteiger charge is 2.07. The van der Waals surface area contributed by atoms with Crippen LogP contribution in [0.1, 0.15) is 23.6 Å². The van der Waals surface area contributed by atoms with Gasteiger partial charge in [-0.3, -0.25) is 4.79 Å². The highest BCUT2D eigenvalue weighted by molar-refractivity contribution is 9.10. The van der Waals surface area contributed by atoms with Crippen LogP contribution in [0.15, 0.2) is 50.9 Å². The molecule has 4 nitrogen and oxygen atoms in total. The zero-order chi connectivity index (χ0) is 17.7. The third kappa shape index (κ3) is 5.11. The van der Waals surface area contributed by atoms with E-state index >= 15 is 0 Å². The molecule has 126 valence electrons. The maximum atomic E-state index is 12.0. The number of aromatic hydroxyl groups is 1. The largest absolute Gasteiger partial charge is 0.508 e. The Bertz CT molecular complexity index is 773. The highest BCUT2D eigenvalue weighted by atomic mass is 79.9. The molecule has 6 heteroatoms. The Morgan fingerprint density at radius 1 is 1.21 bits per heavy atom. The molecule has 0 aliphatic heterocycles. The minimum absolute atomic E-state index is 0.155. The van der Waals surface area contributed by atoms with Crippen LogP contribution in [0.2, 0.25) is 0 Å². The number of thioether (sulfide) groups is 1. The lowest BCUT2D eigenvalue weighted by Gasteiger charge is -2.08. The molecule has 0 atom stereocenters. The summed E-state index contributed by atoms with van der Waals surface area (Å²) in [4.78, 5) is 13.1. The fraction of sp³-hybridized carbons (Fsp3) is 0.222. The van der Waals surface area contributed by atoms with E-state index in [-0.39, 0.29) is 11.7 Å². The van der Waals surface area contributed by atoms with Crippen molar-refractivity contribution in [2.75, 3.05) is 5.75 Å². The second kappa shape index (κ2) is 8.35. The normalized spacial score (nSPS) is 11.4. The number of halogens is 1. The van der Waals surface area contributed by atoms with E-state index < -0.39 is 0 Å². The number of aryl methyl sites for hydroxylation is 2. The molecule has 0 spiro atoms. The van der Waals surface area contributed by atoms with Crippen molar-refractivity contribution in [2.24, 2.45) is 5.10 Å². The van der Waals surface area contributed by atoms with Crippen molar-refractivity contribution in [3.63, 3.8) is 0 Å². The molecule has 0 fully saturated rings. The molecule has 0 saturated heterocycles. The standard InChI is InChI=1S/C18H19BrN2O2S/c1-11-9-17(12(2)8-16(11)19)24-10-18(23)21-20-13(3)14-4-6-15(22)7-5-14/h4-9,22H,10H2,1-3H3,(H,21,23)/b20-13+. The highest BCUT2D eigenvalue weighted by Crippen LogP contribution is 2.28. The number of hydrogen-bond donors (Lipinski definition) is 2. The van der Waals surface area contributed by atoms with Gasteiger partial charge in [0.2, 0.25) is 5.91 Å². The van der Waals surface area contributed by atoms with Gasteiger partial charge in [0.05, 0.1) is 11.5 Å². The summed E-state index contributed by atoms with van der Waals surface area (Å²) in [5.74, 6) is 0.346. The fourth-order valence-corrected chi connectivity index (χ4v) is 3.35. The van der Waals surface area contributed by atoms with E-state index in [1.54, 1.807) is 24.3 Å². The van der Waals surface area contributed by atoms with Gasteiger partial charge in [-0.05, 0) is 73.9 Å². The lowest BCUT2D eigenvalue weighted by molar-refractivity contribution is -0.118. The zero-order valence-corrected chi connectivity index (χ0v) is 16.2. The van der Waals surface area contributed by atoms with Crippen molar-refractivity contribution in [3.05, 3.63) is 57.6 Å². The van der Waals surface area contributed by atoms with Crippen molar-refractivity contribution in [1.29, 1.82) is 0 Å². The Kier molecular flexibility index (Phi) is 6.45. The van der Waals surface area contributed by atoms with Crippen molar-refractivity contribution in [1.82, 2.24) is 5.43 Å². The number of rotatable bonds is 5. The molecular formula is C18H19BrN2O2S. The van der Waals surface area contributed by atoms with Crippen molar-refractivity contribution in [2.45, 2.75) is 25.7 Å². The van der Waals surface area contributed by atoms with Gasteiger partial charge < -0.3 is 5.11 Å². The van der Waals surface area contributed by atoms with Crippen LogP contribution in [0, 0.1) is 13.8 Å². The number of phenolic OH excluding ortho intramolecular Hbond substituents is 1. The summed E-state index contributed by atoms with van der Waals surface area (Å²) in [5.41, 5.74) is 6.38. The number of hydrazone groups is 1. The lowest BCUT2D eigenvalue weighted by Crippen LogP contribution is -2.21. The fourth-order valence-electron chi connectivity index (χ4n) is 2.00. The minimum Gasteiger partial charge on any atom is -0.508 e. The van der Waals surface area contributed by atoms with Gasteiger partial charge in [-0.15, -0.1) is 11.8 Å². The van der Waals surface area contributed by atoms with Crippen LogP contribution >= 0.6 is 27.7 Å². The number of phenols is 1. The van der Waals surface area contributed by atoms with Crippen LogP contribution in [0.5, 0.6) is 5.75 Å². The molecule has 0 radical (unpaired) electrons. The van der Waals surface area contributed by atoms with E-state index in [0.717, 1.165) is 26.1 Å². The summed E-state index contributed by atoms with van der Waals surface area (Å²) in [6, 6.07) is 10.8. The number of benzene rings is 2. The van der Waals surface area contributed by atoms with Gasteiger partial charge in [-0.25, -0.2) is 5.43 Å². The van der Waals surface area contributed by atoms with Crippen molar-refractivity contribution >= 4 is 39.3 Å². The number of nitrogens with one attached hydrogen (secondary N) is 1. The first-order valence-corrected chi connectivity index (χ1v) is 9.16. The van der Waals surface area contributed by atoms with Gasteiger partial charge in [0.15, 0.2) is 0 Å². The van der Waals surface area contributed by atoms with Gasteiger partial charge in [-0.2, -0.15) is 5.10 Å². The van der Waals surface area contributed by atoms with E-state index in [4.69, 9.17) is 0 Å². The number of amides is 1. The molecule has 2 aromatic rings. The monoisotopic (exact) mass is 406 g/mol. The Labute approximate surface area is 154 Å². The molecule has 2 rings (SSSR count). The van der Waals surface area contributed by atoms with Gasteiger partial charge in [0, 0.05) is 9.37 Å². The molecular weight excluding hydrogens is 388 g/mol. The summed E-state index contributed by atoms with van der Waals surface area (Å²) >= 11 is 5.00. The molecule has 0 heterocycles. The summed E-state index contributed by atoms with van der Waals surface area (Å²) in [7, 11) is 0. The molecule has 0 aliphatic carbocycles. The second-order valence-corrected chi connectivity index (χ2v) is 7.31. The molecule has 1 amide bonds.